The summed E-state index contributed by atoms with van der Waals surface area (Å²) in [6, 6.07) is 1.30. The Morgan fingerprint density at radius 1 is 0.745 bits per heavy atom. The normalized spacial score (nSPS) is 13.6. The first-order valence-electron chi connectivity index (χ1n) is 11.7. The van der Waals surface area contributed by atoms with Crippen molar-refractivity contribution in [3.63, 3.8) is 0 Å². The van der Waals surface area contributed by atoms with Crippen LogP contribution in [-0.2, 0) is 24.8 Å². The van der Waals surface area contributed by atoms with Crippen LogP contribution >= 0.6 is 55.4 Å². The van der Waals surface area contributed by atoms with E-state index in [-0.39, 0.29) is 35.4 Å². The molecule has 1 N–H and O–H groups in total. The highest BCUT2D eigenvalue weighted by Gasteiger charge is 2.68. The zero-order chi connectivity index (χ0) is 36.2. The predicted molar refractivity (Wildman–Crippen MR) is 161 cm³/mol. The van der Waals surface area contributed by atoms with Crippen LogP contribution in [0.2, 0.25) is 0 Å². The maximum absolute atomic E-state index is 15.2. The van der Waals surface area contributed by atoms with Gasteiger partial charge < -0.3 is 9.84 Å². The Kier molecular flexibility index (Phi) is 11.1. The van der Waals surface area contributed by atoms with Gasteiger partial charge in [0.1, 0.15) is 29.0 Å². The number of halogens is 12. The molecule has 0 saturated heterocycles. The van der Waals surface area contributed by atoms with E-state index in [1.165, 1.54) is 0 Å². The van der Waals surface area contributed by atoms with Gasteiger partial charge in [-0.3, -0.25) is 0 Å². The Labute approximate surface area is 287 Å². The van der Waals surface area contributed by atoms with Crippen molar-refractivity contribution in [3.05, 3.63) is 77.9 Å². The maximum atomic E-state index is 15.2. The molecule has 0 aliphatic carbocycles. The van der Waals surface area contributed by atoms with E-state index in [1.807, 2.05) is 0 Å². The van der Waals surface area contributed by atoms with Crippen LogP contribution in [0.15, 0.2) is 51.1 Å². The molecule has 260 valence electrons. The van der Waals surface area contributed by atoms with Gasteiger partial charge in [-0.15, -0.1) is 0 Å². The summed E-state index contributed by atoms with van der Waals surface area (Å²) in [7, 11) is -21.6. The molecule has 3 aromatic rings. The molecule has 8 nitrogen and oxygen atoms in total. The molecule has 0 fully saturated rings. The van der Waals surface area contributed by atoms with Crippen LogP contribution in [0.1, 0.15) is 11.1 Å². The third kappa shape index (κ3) is 7.00. The lowest BCUT2D eigenvalue weighted by molar-refractivity contribution is -0.139. The number of carbonyl (C=O) groups is 1. The second kappa shape index (κ2) is 13.3. The molecule has 0 unspecified atom stereocenters. The molecule has 0 amide bonds. The SMILES string of the molecule is Cc1cc(S(c2cc(F)cc(F)c2I)(c2cc(F)cc(F)c2I)N(S(=O)(=O)C(F)(F)F)S(=O)(=O)C(F)(F)F)cc(C)c1OCC(=O)O. The summed E-state index contributed by atoms with van der Waals surface area (Å²) >= 11 is 1.85. The van der Waals surface area contributed by atoms with Crippen LogP contribution in [0, 0.1) is 44.3 Å². The molecular formula is C24H15F10I2NO7S3. The highest BCUT2D eigenvalue weighted by Crippen LogP contribution is 2.76. The number of hydrogen-bond acceptors (Lipinski definition) is 6. The van der Waals surface area contributed by atoms with E-state index >= 15 is 8.78 Å². The van der Waals surface area contributed by atoms with Gasteiger partial charge in [-0.05, 0) is 97.5 Å². The van der Waals surface area contributed by atoms with E-state index in [0.29, 0.717) is 12.1 Å². The standard InChI is InChI=1S/C24H15F10I2NO7S3/c1-10-3-14(4-11(2)22(10)44-9-19(38)39)45(17-7-12(25)5-15(27)20(17)35,18-8-13(26)6-16(28)21(18)36)37(46(40,41)23(29,30)31)47(42,43)24(32,33)34/h3-8H,9H2,1-2H3,(H,38,39). The van der Waals surface area contributed by atoms with E-state index in [9.17, 15) is 56.8 Å². The van der Waals surface area contributed by atoms with Crippen molar-refractivity contribution >= 4 is 81.4 Å². The third-order valence-electron chi connectivity index (χ3n) is 5.87. The van der Waals surface area contributed by atoms with Crippen molar-refractivity contribution in [1.82, 2.24) is 3.12 Å². The van der Waals surface area contributed by atoms with Crippen LogP contribution in [0.25, 0.3) is 0 Å². The summed E-state index contributed by atoms with van der Waals surface area (Å²) in [6.07, 6.45) is 0. The summed E-state index contributed by atoms with van der Waals surface area (Å²) in [6.45, 7) is 0.982. The Morgan fingerprint density at radius 2 is 1.11 bits per heavy atom. The molecular weight excluding hydrogens is 954 g/mol. The molecule has 3 rings (SSSR count). The number of aryl methyl sites for hydroxylation is 2. The zero-order valence-electron chi connectivity index (χ0n) is 22.8. The number of ether oxygens (including phenoxy) is 1. The van der Waals surface area contributed by atoms with Gasteiger partial charge in [0, 0.05) is 26.8 Å². The fourth-order valence-corrected chi connectivity index (χ4v) is 16.1. The average molecular weight is 969 g/mol. The van der Waals surface area contributed by atoms with Gasteiger partial charge in [0.25, 0.3) is 0 Å². The fourth-order valence-electron chi connectivity index (χ4n) is 4.15. The lowest BCUT2D eigenvalue weighted by Crippen LogP contribution is -2.50. The number of benzene rings is 3. The van der Waals surface area contributed by atoms with Crippen molar-refractivity contribution in [2.75, 3.05) is 6.61 Å². The molecule has 0 aromatic heterocycles. The Hall–Kier alpha value is -2.10. The minimum atomic E-state index is -7.87. The van der Waals surface area contributed by atoms with Crippen LogP contribution in [0.4, 0.5) is 43.9 Å². The molecule has 0 saturated carbocycles. The summed E-state index contributed by atoms with van der Waals surface area (Å²) in [5, 5.41) is 8.99. The fraction of sp³-hybridized carbons (Fsp3) is 0.208. The number of sulfonamides is 2. The van der Waals surface area contributed by atoms with E-state index in [0.717, 1.165) is 59.0 Å². The average Bonchev–Trinajstić information content (AvgIpc) is 2.89. The molecule has 0 radical (unpaired) electrons. The van der Waals surface area contributed by atoms with Gasteiger partial charge in [0.05, 0.1) is 7.14 Å². The predicted octanol–water partition coefficient (Wildman–Crippen LogP) is 7.73. The van der Waals surface area contributed by atoms with Crippen molar-refractivity contribution in [2.24, 2.45) is 0 Å². The van der Waals surface area contributed by atoms with Gasteiger partial charge in [-0.2, -0.15) is 26.3 Å². The summed E-state index contributed by atoms with van der Waals surface area (Å²) < 4.78 is 200. The number of alkyl halides is 6. The van der Waals surface area contributed by atoms with Gasteiger partial charge in [0.2, 0.25) is 0 Å². The van der Waals surface area contributed by atoms with Crippen molar-refractivity contribution in [1.29, 1.82) is 0 Å². The number of carboxylic acids is 1. The van der Waals surface area contributed by atoms with Crippen LogP contribution in [0.3, 0.4) is 0 Å². The van der Waals surface area contributed by atoms with Crippen LogP contribution < -0.4 is 4.74 Å². The zero-order valence-corrected chi connectivity index (χ0v) is 29.5. The topological polar surface area (TPSA) is 118 Å². The largest absolute Gasteiger partial charge is 0.513 e. The smallest absolute Gasteiger partial charge is 0.481 e. The minimum absolute atomic E-state index is 0.0311. The third-order valence-corrected chi connectivity index (χ3v) is 17.7. The van der Waals surface area contributed by atoms with Gasteiger partial charge in [-0.1, -0.05) is 10.2 Å². The first-order valence-corrected chi connectivity index (χ1v) is 18.4. The number of hydrogen-bond donors (Lipinski definition) is 1. The number of aliphatic carboxylic acids is 1. The summed E-state index contributed by atoms with van der Waals surface area (Å²) in [5.41, 5.74) is -14.6. The van der Waals surface area contributed by atoms with Crippen molar-refractivity contribution in [3.8, 4) is 5.75 Å². The van der Waals surface area contributed by atoms with Crippen LogP contribution in [-0.4, -0.2) is 48.7 Å². The monoisotopic (exact) mass is 969 g/mol. The lowest BCUT2D eigenvalue weighted by Gasteiger charge is -2.48. The van der Waals surface area contributed by atoms with Gasteiger partial charge in [0.15, 0.2) is 6.61 Å². The quantitative estimate of drug-likeness (QED) is 0.133. The Bertz CT molecular complexity index is 1870. The van der Waals surface area contributed by atoms with E-state index in [1.54, 1.807) is 0 Å². The highest BCUT2D eigenvalue weighted by atomic mass is 127. The van der Waals surface area contributed by atoms with Gasteiger partial charge >= 0.3 is 37.0 Å². The lowest BCUT2D eigenvalue weighted by atomic mass is 10.1. The van der Waals surface area contributed by atoms with E-state index in [4.69, 9.17) is 9.84 Å². The Morgan fingerprint density at radius 3 is 1.43 bits per heavy atom. The Balaban J connectivity index is 2.94. The molecule has 23 heteroatoms. The molecule has 0 bridgehead atoms. The van der Waals surface area contributed by atoms with Crippen LogP contribution in [0.5, 0.6) is 5.75 Å². The molecule has 0 aliphatic heterocycles. The number of nitrogens with zero attached hydrogens (tertiary/aromatic N) is 1. The first-order chi connectivity index (χ1) is 21.2. The van der Waals surface area contributed by atoms with Crippen molar-refractivity contribution in [2.45, 2.75) is 39.6 Å². The molecule has 47 heavy (non-hydrogen) atoms. The van der Waals surface area contributed by atoms with E-state index < -0.39 is 108 Å². The molecule has 0 atom stereocenters. The maximum Gasteiger partial charge on any atom is 0.513 e. The summed E-state index contributed by atoms with van der Waals surface area (Å²) in [4.78, 5) is 6.88. The number of rotatable bonds is 9. The number of carboxylic acid groups (broad SMARTS) is 1. The summed E-state index contributed by atoms with van der Waals surface area (Å²) in [5.74, 6) is -8.98. The second-order valence-electron chi connectivity index (χ2n) is 9.11. The van der Waals surface area contributed by atoms with Crippen molar-refractivity contribution < 1.29 is 75.4 Å². The van der Waals surface area contributed by atoms with Gasteiger partial charge in [-0.25, -0.2) is 39.2 Å². The first kappa shape index (κ1) is 39.3. The molecule has 3 aromatic carbocycles. The molecule has 0 aliphatic rings. The second-order valence-corrected chi connectivity index (χ2v) is 18.4. The van der Waals surface area contributed by atoms with E-state index in [2.05, 4.69) is 0 Å². The minimum Gasteiger partial charge on any atom is -0.481 e. The molecule has 0 spiro atoms. The highest BCUT2D eigenvalue weighted by molar-refractivity contribution is 14.1. The molecule has 0 heterocycles.